The molecule has 2 aliphatic rings. The number of carbonyl (C=O) groups excluding carboxylic acids is 3. The molecule has 1 fully saturated rings. The van der Waals surface area contributed by atoms with Crippen LogP contribution in [0, 0.1) is 11.8 Å². The molecule has 6 nitrogen and oxygen atoms in total. The first-order valence-electron chi connectivity index (χ1n) is 9.00. The van der Waals surface area contributed by atoms with E-state index in [4.69, 9.17) is 11.6 Å². The molecular formula is C20H18ClN3O3S. The Balaban J connectivity index is 1.48. The van der Waals surface area contributed by atoms with Crippen LogP contribution in [0.2, 0.25) is 5.02 Å². The van der Waals surface area contributed by atoms with Crippen molar-refractivity contribution in [2.45, 2.75) is 25.8 Å². The SMILES string of the molecule is CC(C(=O)Nc1nc(-c2ccccc2Cl)cs1)N1C(=O)C2CC=CCC2C1=O. The molecular weight excluding hydrogens is 398 g/mol. The lowest BCUT2D eigenvalue weighted by Gasteiger charge is -2.21. The Morgan fingerprint density at radius 3 is 2.50 bits per heavy atom. The van der Waals surface area contributed by atoms with Crippen LogP contribution in [0.4, 0.5) is 5.13 Å². The molecule has 1 N–H and O–H groups in total. The number of thiazole rings is 1. The van der Waals surface area contributed by atoms with E-state index in [9.17, 15) is 14.4 Å². The number of fused-ring (bicyclic) bond motifs is 1. The Labute approximate surface area is 171 Å². The molecule has 2 aromatic rings. The molecule has 1 aromatic heterocycles. The Morgan fingerprint density at radius 1 is 1.21 bits per heavy atom. The molecule has 2 heterocycles. The number of likely N-dealkylation sites (tertiary alicyclic amines) is 1. The highest BCUT2D eigenvalue weighted by molar-refractivity contribution is 7.14. The van der Waals surface area contributed by atoms with Gasteiger partial charge in [-0.2, -0.15) is 0 Å². The lowest BCUT2D eigenvalue weighted by Crippen LogP contribution is -2.46. The molecule has 28 heavy (non-hydrogen) atoms. The van der Waals surface area contributed by atoms with Crippen LogP contribution in [0.3, 0.4) is 0 Å². The van der Waals surface area contributed by atoms with E-state index in [1.165, 1.54) is 11.3 Å². The number of carbonyl (C=O) groups is 3. The van der Waals surface area contributed by atoms with Gasteiger partial charge in [0.1, 0.15) is 6.04 Å². The van der Waals surface area contributed by atoms with Crippen molar-refractivity contribution in [3.05, 3.63) is 46.8 Å². The molecule has 3 atom stereocenters. The molecule has 4 rings (SSSR count). The minimum Gasteiger partial charge on any atom is -0.300 e. The average molecular weight is 416 g/mol. The summed E-state index contributed by atoms with van der Waals surface area (Å²) in [5.41, 5.74) is 1.43. The van der Waals surface area contributed by atoms with Crippen molar-refractivity contribution in [2.24, 2.45) is 11.8 Å². The number of aromatic nitrogens is 1. The topological polar surface area (TPSA) is 79.4 Å². The minimum absolute atomic E-state index is 0.266. The quantitative estimate of drug-likeness (QED) is 0.609. The second-order valence-corrected chi connectivity index (χ2v) is 8.15. The van der Waals surface area contributed by atoms with Crippen molar-refractivity contribution in [3.8, 4) is 11.3 Å². The van der Waals surface area contributed by atoms with Gasteiger partial charge in [-0.1, -0.05) is 42.0 Å². The van der Waals surface area contributed by atoms with Crippen molar-refractivity contribution in [1.29, 1.82) is 0 Å². The van der Waals surface area contributed by atoms with Crippen LogP contribution >= 0.6 is 22.9 Å². The van der Waals surface area contributed by atoms with Gasteiger partial charge < -0.3 is 5.32 Å². The first-order chi connectivity index (χ1) is 13.5. The average Bonchev–Trinajstić information content (AvgIpc) is 3.25. The third kappa shape index (κ3) is 3.25. The number of halogens is 1. The number of amides is 3. The highest BCUT2D eigenvalue weighted by Gasteiger charge is 2.50. The molecule has 144 valence electrons. The number of hydrogen-bond donors (Lipinski definition) is 1. The zero-order valence-electron chi connectivity index (χ0n) is 15.1. The minimum atomic E-state index is -0.890. The van der Waals surface area contributed by atoms with Gasteiger partial charge in [0.05, 0.1) is 17.5 Å². The molecule has 1 aromatic carbocycles. The molecule has 0 saturated carbocycles. The van der Waals surface area contributed by atoms with E-state index in [2.05, 4.69) is 10.3 Å². The first-order valence-corrected chi connectivity index (χ1v) is 10.3. The van der Waals surface area contributed by atoms with Crippen LogP contribution in [0.25, 0.3) is 11.3 Å². The number of nitrogens with zero attached hydrogens (tertiary/aromatic N) is 2. The number of hydrogen-bond acceptors (Lipinski definition) is 5. The van der Waals surface area contributed by atoms with Gasteiger partial charge in [0.15, 0.2) is 5.13 Å². The normalized spacial score (nSPS) is 22.3. The van der Waals surface area contributed by atoms with Crippen molar-refractivity contribution < 1.29 is 14.4 Å². The van der Waals surface area contributed by atoms with Gasteiger partial charge in [-0.3, -0.25) is 19.3 Å². The van der Waals surface area contributed by atoms with Crippen molar-refractivity contribution >= 4 is 45.8 Å². The molecule has 8 heteroatoms. The number of nitrogens with one attached hydrogen (secondary N) is 1. The number of imide groups is 1. The van der Waals surface area contributed by atoms with Crippen LogP contribution in [0.15, 0.2) is 41.8 Å². The van der Waals surface area contributed by atoms with E-state index in [0.717, 1.165) is 10.5 Å². The summed E-state index contributed by atoms with van der Waals surface area (Å²) >= 11 is 7.46. The largest absolute Gasteiger partial charge is 0.300 e. The zero-order valence-corrected chi connectivity index (χ0v) is 16.7. The summed E-state index contributed by atoms with van der Waals surface area (Å²) in [6.45, 7) is 1.57. The Bertz CT molecular complexity index is 961. The van der Waals surface area contributed by atoms with Crippen molar-refractivity contribution in [3.63, 3.8) is 0 Å². The summed E-state index contributed by atoms with van der Waals surface area (Å²) in [6, 6.07) is 6.43. The van der Waals surface area contributed by atoms with Crippen LogP contribution < -0.4 is 5.32 Å². The summed E-state index contributed by atoms with van der Waals surface area (Å²) in [5, 5.41) is 5.48. The molecule has 1 aliphatic heterocycles. The van der Waals surface area contributed by atoms with Gasteiger partial charge in [-0.25, -0.2) is 4.98 Å². The molecule has 3 unspecified atom stereocenters. The molecule has 0 radical (unpaired) electrons. The van der Waals surface area contributed by atoms with E-state index in [-0.39, 0.29) is 23.7 Å². The summed E-state index contributed by atoms with van der Waals surface area (Å²) in [7, 11) is 0. The first kappa shape index (κ1) is 18.8. The van der Waals surface area contributed by atoms with Gasteiger partial charge in [0.2, 0.25) is 17.7 Å². The fourth-order valence-electron chi connectivity index (χ4n) is 3.66. The third-order valence-corrected chi connectivity index (χ3v) is 6.28. The predicted octanol–water partition coefficient (Wildman–Crippen LogP) is 3.74. The van der Waals surface area contributed by atoms with Crippen LogP contribution in [-0.4, -0.2) is 33.6 Å². The summed E-state index contributed by atoms with van der Waals surface area (Å²) in [4.78, 5) is 43.5. The highest BCUT2D eigenvalue weighted by Crippen LogP contribution is 2.36. The predicted molar refractivity (Wildman–Crippen MR) is 108 cm³/mol. The number of anilines is 1. The van der Waals surface area contributed by atoms with E-state index in [1.807, 2.05) is 30.4 Å². The number of rotatable bonds is 4. The highest BCUT2D eigenvalue weighted by atomic mass is 35.5. The Hall–Kier alpha value is -2.51. The zero-order chi connectivity index (χ0) is 19.8. The van der Waals surface area contributed by atoms with Gasteiger partial charge in [-0.15, -0.1) is 11.3 Å². The van der Waals surface area contributed by atoms with E-state index in [0.29, 0.717) is 28.7 Å². The van der Waals surface area contributed by atoms with Gasteiger partial charge >= 0.3 is 0 Å². The lowest BCUT2D eigenvalue weighted by molar-refractivity contribution is -0.146. The number of benzene rings is 1. The maximum Gasteiger partial charge on any atom is 0.249 e. The molecule has 0 spiro atoms. The van der Waals surface area contributed by atoms with Crippen LogP contribution in [-0.2, 0) is 14.4 Å². The van der Waals surface area contributed by atoms with Gasteiger partial charge in [0.25, 0.3) is 0 Å². The van der Waals surface area contributed by atoms with E-state index >= 15 is 0 Å². The molecule has 3 amide bonds. The summed E-state index contributed by atoms with van der Waals surface area (Å²) < 4.78 is 0. The maximum absolute atomic E-state index is 12.7. The number of allylic oxidation sites excluding steroid dienone is 2. The second-order valence-electron chi connectivity index (χ2n) is 6.89. The van der Waals surface area contributed by atoms with Crippen LogP contribution in [0.5, 0.6) is 0 Å². The lowest BCUT2D eigenvalue weighted by atomic mass is 9.85. The maximum atomic E-state index is 12.7. The summed E-state index contributed by atoms with van der Waals surface area (Å²) in [6.07, 6.45) is 4.94. The Morgan fingerprint density at radius 2 is 1.86 bits per heavy atom. The van der Waals surface area contributed by atoms with Crippen molar-refractivity contribution in [2.75, 3.05) is 5.32 Å². The smallest absolute Gasteiger partial charge is 0.249 e. The Kier molecular flexibility index (Phi) is 5.03. The van der Waals surface area contributed by atoms with Gasteiger partial charge in [0, 0.05) is 16.0 Å². The van der Waals surface area contributed by atoms with E-state index < -0.39 is 11.9 Å². The molecule has 1 aliphatic carbocycles. The van der Waals surface area contributed by atoms with Gasteiger partial charge in [-0.05, 0) is 25.8 Å². The van der Waals surface area contributed by atoms with Crippen LogP contribution in [0.1, 0.15) is 19.8 Å². The summed E-state index contributed by atoms with van der Waals surface area (Å²) in [5.74, 6) is -1.66. The van der Waals surface area contributed by atoms with E-state index in [1.54, 1.807) is 18.4 Å². The third-order valence-electron chi connectivity index (χ3n) is 5.19. The standard InChI is InChI=1S/C20H18ClN3O3S/c1-11(24-18(26)12-6-2-3-7-13(12)19(24)27)17(25)23-20-22-16(10-28-20)14-8-4-5-9-15(14)21/h2-5,8-13H,6-7H2,1H3,(H,22,23,25). The molecule has 0 bridgehead atoms. The molecule has 1 saturated heterocycles. The monoisotopic (exact) mass is 415 g/mol. The van der Waals surface area contributed by atoms with Crippen molar-refractivity contribution in [1.82, 2.24) is 9.88 Å². The second kappa shape index (κ2) is 7.48. The fourth-order valence-corrected chi connectivity index (χ4v) is 4.60. The fraction of sp³-hybridized carbons (Fsp3) is 0.300.